The number of benzene rings is 1. The van der Waals surface area contributed by atoms with Crippen molar-refractivity contribution in [3.05, 3.63) is 29.8 Å². The van der Waals surface area contributed by atoms with E-state index in [4.69, 9.17) is 0 Å². The van der Waals surface area contributed by atoms with Gasteiger partial charge in [0.1, 0.15) is 0 Å². The van der Waals surface area contributed by atoms with Crippen molar-refractivity contribution in [2.75, 3.05) is 13.1 Å². The van der Waals surface area contributed by atoms with Crippen LogP contribution in [0.3, 0.4) is 0 Å². The number of sulfonamides is 1. The average molecular weight is 294 g/mol. The topological polar surface area (TPSA) is 58.2 Å². The summed E-state index contributed by atoms with van der Waals surface area (Å²) in [7, 11) is -3.32. The lowest BCUT2D eigenvalue weighted by Gasteiger charge is -2.07. The third kappa shape index (κ3) is 4.04. The number of nitrogens with one attached hydrogen (secondary N) is 2. The summed E-state index contributed by atoms with van der Waals surface area (Å²) in [4.78, 5) is 0.372. The molecule has 0 heterocycles. The first-order valence-corrected chi connectivity index (χ1v) is 8.94. The molecule has 0 amide bonds. The summed E-state index contributed by atoms with van der Waals surface area (Å²) in [6.07, 6.45) is 5.84. The summed E-state index contributed by atoms with van der Waals surface area (Å²) in [5.74, 6) is 0.553. The van der Waals surface area contributed by atoms with Crippen LogP contribution in [-0.4, -0.2) is 27.5 Å². The molecule has 20 heavy (non-hydrogen) atoms. The van der Waals surface area contributed by atoms with Gasteiger partial charge in [0.15, 0.2) is 0 Å². The molecule has 0 saturated heterocycles. The van der Waals surface area contributed by atoms with Crippen molar-refractivity contribution in [3.8, 4) is 0 Å². The smallest absolute Gasteiger partial charge is 0.240 e. The fourth-order valence-corrected chi connectivity index (χ4v) is 3.29. The van der Waals surface area contributed by atoms with Gasteiger partial charge in [0, 0.05) is 12.6 Å². The van der Waals surface area contributed by atoms with Gasteiger partial charge in [-0.15, -0.1) is 0 Å². The van der Waals surface area contributed by atoms with Crippen LogP contribution in [0.5, 0.6) is 0 Å². The zero-order chi connectivity index (χ0) is 14.0. The molecule has 2 saturated carbocycles. The lowest BCUT2D eigenvalue weighted by Crippen LogP contribution is -2.25. The van der Waals surface area contributed by atoms with Crippen LogP contribution in [-0.2, 0) is 16.4 Å². The van der Waals surface area contributed by atoms with Crippen molar-refractivity contribution in [1.29, 1.82) is 0 Å². The molecule has 3 rings (SSSR count). The zero-order valence-corrected chi connectivity index (χ0v) is 12.5. The Morgan fingerprint density at radius 1 is 1.05 bits per heavy atom. The van der Waals surface area contributed by atoms with Gasteiger partial charge in [-0.05, 0) is 62.3 Å². The number of hydrogen-bond donors (Lipinski definition) is 2. The van der Waals surface area contributed by atoms with Gasteiger partial charge in [-0.3, -0.25) is 0 Å². The molecule has 110 valence electrons. The molecule has 0 spiro atoms. The third-order valence-electron chi connectivity index (χ3n) is 3.92. The quantitative estimate of drug-likeness (QED) is 0.767. The van der Waals surface area contributed by atoms with Gasteiger partial charge in [0.05, 0.1) is 4.90 Å². The van der Waals surface area contributed by atoms with E-state index in [1.807, 2.05) is 12.1 Å². The molecule has 2 fully saturated rings. The third-order valence-corrected chi connectivity index (χ3v) is 5.36. The maximum absolute atomic E-state index is 12.1. The molecular weight excluding hydrogens is 272 g/mol. The highest BCUT2D eigenvalue weighted by Gasteiger charge is 2.24. The van der Waals surface area contributed by atoms with Crippen LogP contribution < -0.4 is 10.0 Å². The first kappa shape index (κ1) is 14.0. The molecule has 2 N–H and O–H groups in total. The normalized spacial score (nSPS) is 19.2. The van der Waals surface area contributed by atoms with Crippen molar-refractivity contribution in [1.82, 2.24) is 10.0 Å². The van der Waals surface area contributed by atoms with E-state index in [2.05, 4.69) is 10.0 Å². The molecule has 0 aliphatic heterocycles. The van der Waals surface area contributed by atoms with E-state index in [0.717, 1.165) is 31.8 Å². The van der Waals surface area contributed by atoms with Crippen molar-refractivity contribution in [2.24, 2.45) is 5.92 Å². The van der Waals surface area contributed by atoms with Crippen LogP contribution in [0.4, 0.5) is 0 Å². The van der Waals surface area contributed by atoms with Gasteiger partial charge >= 0.3 is 0 Å². The second kappa shape index (κ2) is 5.84. The van der Waals surface area contributed by atoms with E-state index in [0.29, 0.717) is 17.4 Å². The van der Waals surface area contributed by atoms with E-state index in [1.54, 1.807) is 12.1 Å². The summed E-state index contributed by atoms with van der Waals surface area (Å²) < 4.78 is 26.8. The Bertz CT molecular complexity index is 546. The van der Waals surface area contributed by atoms with Gasteiger partial charge in [-0.25, -0.2) is 13.1 Å². The molecule has 2 aliphatic carbocycles. The lowest BCUT2D eigenvalue weighted by atomic mass is 10.1. The van der Waals surface area contributed by atoms with Crippen LogP contribution in [0.25, 0.3) is 0 Å². The Morgan fingerprint density at radius 3 is 2.35 bits per heavy atom. The standard InChI is InChI=1S/C15H22N2O2S/c18-20(19,17-11-13-1-2-13)15-7-3-12(4-8-15)9-10-16-14-5-6-14/h3-4,7-8,13-14,16-17H,1-2,5-6,9-11H2. The molecular formula is C15H22N2O2S. The molecule has 5 heteroatoms. The fraction of sp³-hybridized carbons (Fsp3) is 0.600. The van der Waals surface area contributed by atoms with Crippen LogP contribution in [0.1, 0.15) is 31.2 Å². The molecule has 0 radical (unpaired) electrons. The summed E-state index contributed by atoms with van der Waals surface area (Å²) >= 11 is 0. The Kier molecular flexibility index (Phi) is 4.10. The summed E-state index contributed by atoms with van der Waals surface area (Å²) in [5.41, 5.74) is 1.18. The summed E-state index contributed by atoms with van der Waals surface area (Å²) in [5, 5.41) is 3.46. The Balaban J connectivity index is 1.53. The van der Waals surface area contributed by atoms with Crippen molar-refractivity contribution < 1.29 is 8.42 Å². The van der Waals surface area contributed by atoms with Gasteiger partial charge < -0.3 is 5.32 Å². The van der Waals surface area contributed by atoms with Gasteiger partial charge in [0.25, 0.3) is 0 Å². The molecule has 2 aliphatic rings. The van der Waals surface area contributed by atoms with Gasteiger partial charge in [-0.2, -0.15) is 0 Å². The Hall–Kier alpha value is -0.910. The minimum atomic E-state index is -3.32. The Labute approximate surface area is 121 Å². The van der Waals surface area contributed by atoms with Crippen LogP contribution >= 0.6 is 0 Å². The molecule has 1 aromatic rings. The monoisotopic (exact) mass is 294 g/mol. The second-order valence-electron chi connectivity index (χ2n) is 5.92. The maximum Gasteiger partial charge on any atom is 0.240 e. The number of hydrogen-bond acceptors (Lipinski definition) is 3. The van der Waals surface area contributed by atoms with Gasteiger partial charge in [0.2, 0.25) is 10.0 Å². The highest BCUT2D eigenvalue weighted by Crippen LogP contribution is 2.28. The fourth-order valence-electron chi connectivity index (χ4n) is 2.18. The molecule has 0 bridgehead atoms. The van der Waals surface area contributed by atoms with Crippen LogP contribution in [0.15, 0.2) is 29.2 Å². The first-order chi connectivity index (χ1) is 9.63. The van der Waals surface area contributed by atoms with E-state index in [9.17, 15) is 8.42 Å². The molecule has 0 atom stereocenters. The van der Waals surface area contributed by atoms with E-state index >= 15 is 0 Å². The highest BCUT2D eigenvalue weighted by atomic mass is 32.2. The minimum absolute atomic E-state index is 0.372. The van der Waals surface area contributed by atoms with Crippen LogP contribution in [0, 0.1) is 5.92 Å². The lowest BCUT2D eigenvalue weighted by molar-refractivity contribution is 0.577. The summed E-state index contributed by atoms with van der Waals surface area (Å²) in [6, 6.07) is 7.98. The second-order valence-corrected chi connectivity index (χ2v) is 7.68. The maximum atomic E-state index is 12.1. The average Bonchev–Trinajstić information content (AvgIpc) is 3.31. The molecule has 0 unspecified atom stereocenters. The molecule has 0 aromatic heterocycles. The van der Waals surface area contributed by atoms with Crippen LogP contribution in [0.2, 0.25) is 0 Å². The van der Waals surface area contributed by atoms with E-state index < -0.39 is 10.0 Å². The molecule has 1 aromatic carbocycles. The van der Waals surface area contributed by atoms with Crippen molar-refractivity contribution in [2.45, 2.75) is 43.0 Å². The Morgan fingerprint density at radius 2 is 1.75 bits per heavy atom. The zero-order valence-electron chi connectivity index (χ0n) is 11.6. The highest BCUT2D eigenvalue weighted by molar-refractivity contribution is 7.89. The summed E-state index contributed by atoms with van der Waals surface area (Å²) in [6.45, 7) is 1.55. The van der Waals surface area contributed by atoms with Gasteiger partial charge in [-0.1, -0.05) is 12.1 Å². The van der Waals surface area contributed by atoms with E-state index in [-0.39, 0.29) is 0 Å². The number of rotatable bonds is 8. The van der Waals surface area contributed by atoms with Crippen molar-refractivity contribution >= 4 is 10.0 Å². The predicted molar refractivity (Wildman–Crippen MR) is 79.1 cm³/mol. The van der Waals surface area contributed by atoms with Crippen molar-refractivity contribution in [3.63, 3.8) is 0 Å². The SMILES string of the molecule is O=S(=O)(NCC1CC1)c1ccc(CCNC2CC2)cc1. The minimum Gasteiger partial charge on any atom is -0.314 e. The van der Waals surface area contributed by atoms with E-state index in [1.165, 1.54) is 18.4 Å². The predicted octanol–water partition coefficient (Wildman–Crippen LogP) is 1.67. The first-order valence-electron chi connectivity index (χ1n) is 7.45. The molecule has 4 nitrogen and oxygen atoms in total. The largest absolute Gasteiger partial charge is 0.314 e.